The van der Waals surface area contributed by atoms with Crippen molar-refractivity contribution in [3.05, 3.63) is 36.2 Å². The molecule has 3 aromatic rings. The highest BCUT2D eigenvalue weighted by Crippen LogP contribution is 2.31. The zero-order valence-corrected chi connectivity index (χ0v) is 22.5. The molecule has 0 amide bonds. The summed E-state index contributed by atoms with van der Waals surface area (Å²) in [6.45, 7) is 3.65. The lowest BCUT2D eigenvalue weighted by Crippen LogP contribution is -2.48. The molecule has 0 bridgehead atoms. The van der Waals surface area contributed by atoms with Crippen molar-refractivity contribution in [3.63, 3.8) is 0 Å². The maximum absolute atomic E-state index is 14.1. The van der Waals surface area contributed by atoms with E-state index in [2.05, 4.69) is 20.1 Å². The molecule has 0 atom stereocenters. The number of alkyl halides is 2. The van der Waals surface area contributed by atoms with E-state index in [1.54, 1.807) is 30.3 Å². The van der Waals surface area contributed by atoms with Crippen LogP contribution in [0.3, 0.4) is 0 Å². The molecule has 13 heteroatoms. The third-order valence-corrected chi connectivity index (χ3v) is 9.58. The molecule has 2 saturated heterocycles. The molecule has 39 heavy (non-hydrogen) atoms. The molecule has 0 spiro atoms. The molecule has 2 aliphatic heterocycles. The number of para-hydroxylation sites is 2. The number of halogens is 2. The Bertz CT molecular complexity index is 1410. The molecule has 6 rings (SSSR count). The van der Waals surface area contributed by atoms with Crippen molar-refractivity contribution in [2.24, 2.45) is 0 Å². The number of ether oxygens (including phenoxy) is 1. The minimum absolute atomic E-state index is 0.136. The van der Waals surface area contributed by atoms with Crippen LogP contribution in [0.5, 0.6) is 0 Å². The maximum Gasteiger partial charge on any atom is 0.296 e. The summed E-state index contributed by atoms with van der Waals surface area (Å²) in [6.07, 6.45) is 0.927. The number of sulfone groups is 1. The minimum atomic E-state index is -2.90. The van der Waals surface area contributed by atoms with E-state index in [0.717, 1.165) is 25.7 Å². The zero-order chi connectivity index (χ0) is 27.0. The van der Waals surface area contributed by atoms with Gasteiger partial charge in [-0.25, -0.2) is 22.2 Å². The van der Waals surface area contributed by atoms with Gasteiger partial charge in [0.1, 0.15) is 11.6 Å². The van der Waals surface area contributed by atoms with Crippen LogP contribution in [-0.4, -0.2) is 95.8 Å². The number of nitrogens with one attached hydrogen (secondary N) is 1. The average Bonchev–Trinajstić information content (AvgIpc) is 3.34. The Kier molecular flexibility index (Phi) is 7.38. The van der Waals surface area contributed by atoms with Crippen LogP contribution in [0, 0.1) is 0 Å². The van der Waals surface area contributed by atoms with Crippen LogP contribution in [-0.2, 0) is 14.6 Å². The molecule has 3 aliphatic rings. The standard InChI is InChI=1S/C26H33F2N7O3S/c27-24(28)25-30-20-3-1-2-4-21(20)35(25)23-17-22(34-9-13-38-14-10-34)31-26(32-23)29-18-5-7-19(8-6-18)33-11-15-39(36,37)16-12-33/h1-4,17-19,24H,5-16H2,(H,29,31,32). The predicted molar refractivity (Wildman–Crippen MR) is 145 cm³/mol. The molecule has 0 unspecified atom stereocenters. The summed E-state index contributed by atoms with van der Waals surface area (Å²) < 4.78 is 58.8. The number of nitrogens with zero attached hydrogens (tertiary/aromatic N) is 6. The van der Waals surface area contributed by atoms with Crippen LogP contribution in [0.25, 0.3) is 16.9 Å². The molecular weight excluding hydrogens is 528 g/mol. The SMILES string of the molecule is O=S1(=O)CCN(C2CCC(Nc3nc(N4CCOCC4)cc(-n4c(C(F)F)nc5ccccc54)n3)CC2)CC1. The number of fused-ring (bicyclic) bond motifs is 1. The Morgan fingerprint density at radius 2 is 1.62 bits per heavy atom. The number of hydrogen-bond donors (Lipinski definition) is 1. The van der Waals surface area contributed by atoms with Crippen molar-refractivity contribution in [2.45, 2.75) is 44.2 Å². The van der Waals surface area contributed by atoms with Gasteiger partial charge in [-0.1, -0.05) is 12.1 Å². The summed E-state index contributed by atoms with van der Waals surface area (Å²) in [7, 11) is -2.90. The number of anilines is 2. The quantitative estimate of drug-likeness (QED) is 0.486. The van der Waals surface area contributed by atoms with E-state index < -0.39 is 16.3 Å². The first-order valence-corrected chi connectivity index (χ1v) is 15.4. The summed E-state index contributed by atoms with van der Waals surface area (Å²) in [5.41, 5.74) is 1.05. The van der Waals surface area contributed by atoms with Crippen molar-refractivity contribution in [1.82, 2.24) is 24.4 Å². The Morgan fingerprint density at radius 3 is 2.33 bits per heavy atom. The molecule has 1 saturated carbocycles. The van der Waals surface area contributed by atoms with E-state index in [0.29, 0.717) is 74.1 Å². The van der Waals surface area contributed by atoms with Crippen LogP contribution < -0.4 is 10.2 Å². The van der Waals surface area contributed by atoms with Crippen LogP contribution >= 0.6 is 0 Å². The molecule has 1 N–H and O–H groups in total. The summed E-state index contributed by atoms with van der Waals surface area (Å²) >= 11 is 0. The topological polar surface area (TPSA) is 105 Å². The normalized spacial score (nSPS) is 24.3. The Hall–Kier alpha value is -2.90. The first-order valence-electron chi connectivity index (χ1n) is 13.5. The summed E-state index contributed by atoms with van der Waals surface area (Å²) in [4.78, 5) is 18.1. The van der Waals surface area contributed by atoms with Gasteiger partial charge in [0.2, 0.25) is 5.95 Å². The van der Waals surface area contributed by atoms with Gasteiger partial charge in [-0.15, -0.1) is 0 Å². The number of morpholine rings is 1. The van der Waals surface area contributed by atoms with E-state index in [9.17, 15) is 17.2 Å². The van der Waals surface area contributed by atoms with Gasteiger partial charge in [0, 0.05) is 44.3 Å². The number of imidazole rings is 1. The van der Waals surface area contributed by atoms with Crippen molar-refractivity contribution >= 4 is 32.6 Å². The van der Waals surface area contributed by atoms with E-state index in [-0.39, 0.29) is 23.4 Å². The van der Waals surface area contributed by atoms with Crippen LogP contribution in [0.1, 0.15) is 37.9 Å². The summed E-state index contributed by atoms with van der Waals surface area (Å²) in [5, 5.41) is 3.48. The monoisotopic (exact) mass is 561 g/mol. The summed E-state index contributed by atoms with van der Waals surface area (Å²) in [6, 6.07) is 9.33. The minimum Gasteiger partial charge on any atom is -0.378 e. The average molecular weight is 562 g/mol. The van der Waals surface area contributed by atoms with Crippen molar-refractivity contribution in [2.75, 3.05) is 61.1 Å². The van der Waals surface area contributed by atoms with Gasteiger partial charge in [-0.2, -0.15) is 9.97 Å². The first-order chi connectivity index (χ1) is 18.9. The molecule has 4 heterocycles. The second kappa shape index (κ2) is 10.9. The third-order valence-electron chi connectivity index (χ3n) is 7.97. The molecule has 10 nitrogen and oxygen atoms in total. The molecule has 1 aromatic carbocycles. The highest BCUT2D eigenvalue weighted by molar-refractivity contribution is 7.91. The van der Waals surface area contributed by atoms with Crippen molar-refractivity contribution in [3.8, 4) is 5.82 Å². The maximum atomic E-state index is 14.1. The molecule has 1 aliphatic carbocycles. The lowest BCUT2D eigenvalue weighted by molar-refractivity contribution is 0.122. The van der Waals surface area contributed by atoms with Crippen LogP contribution in [0.2, 0.25) is 0 Å². The van der Waals surface area contributed by atoms with Crippen LogP contribution in [0.15, 0.2) is 30.3 Å². The van der Waals surface area contributed by atoms with E-state index >= 15 is 0 Å². The van der Waals surface area contributed by atoms with Gasteiger partial charge >= 0.3 is 0 Å². The Balaban J connectivity index is 1.26. The Labute approximate surface area is 226 Å². The molecule has 210 valence electrons. The second-order valence-electron chi connectivity index (χ2n) is 10.4. The third kappa shape index (κ3) is 5.71. The zero-order valence-electron chi connectivity index (χ0n) is 21.7. The highest BCUT2D eigenvalue weighted by atomic mass is 32.2. The van der Waals surface area contributed by atoms with Gasteiger partial charge in [0.05, 0.1) is 35.8 Å². The van der Waals surface area contributed by atoms with E-state index in [1.165, 1.54) is 4.57 Å². The van der Waals surface area contributed by atoms with Gasteiger partial charge < -0.3 is 15.0 Å². The number of rotatable bonds is 6. The van der Waals surface area contributed by atoms with Gasteiger partial charge in [-0.3, -0.25) is 9.47 Å². The van der Waals surface area contributed by atoms with Gasteiger partial charge in [0.15, 0.2) is 15.7 Å². The lowest BCUT2D eigenvalue weighted by Gasteiger charge is -2.38. The highest BCUT2D eigenvalue weighted by Gasteiger charge is 2.31. The molecule has 2 aromatic heterocycles. The molecule has 3 fully saturated rings. The lowest BCUT2D eigenvalue weighted by atomic mass is 9.90. The molecular formula is C26H33F2N7O3S. The van der Waals surface area contributed by atoms with Crippen molar-refractivity contribution < 1.29 is 21.9 Å². The Morgan fingerprint density at radius 1 is 0.923 bits per heavy atom. The fourth-order valence-electron chi connectivity index (χ4n) is 5.85. The van der Waals surface area contributed by atoms with Gasteiger partial charge in [0.25, 0.3) is 6.43 Å². The number of aromatic nitrogens is 4. The molecule has 0 radical (unpaired) electrons. The smallest absolute Gasteiger partial charge is 0.296 e. The number of benzene rings is 1. The fraction of sp³-hybridized carbons (Fsp3) is 0.577. The van der Waals surface area contributed by atoms with E-state index in [1.807, 2.05) is 0 Å². The second-order valence-corrected chi connectivity index (χ2v) is 12.7. The fourth-order valence-corrected chi connectivity index (χ4v) is 7.08. The summed E-state index contributed by atoms with van der Waals surface area (Å²) in [5.74, 6) is 1.53. The van der Waals surface area contributed by atoms with Crippen LogP contribution in [0.4, 0.5) is 20.5 Å². The van der Waals surface area contributed by atoms with Crippen molar-refractivity contribution in [1.29, 1.82) is 0 Å². The largest absolute Gasteiger partial charge is 0.378 e. The number of hydrogen-bond acceptors (Lipinski definition) is 9. The first kappa shape index (κ1) is 26.3. The van der Waals surface area contributed by atoms with Gasteiger partial charge in [-0.05, 0) is 37.8 Å². The van der Waals surface area contributed by atoms with E-state index in [4.69, 9.17) is 14.7 Å². The predicted octanol–water partition coefficient (Wildman–Crippen LogP) is 3.04.